The molecule has 2 nitrogen and oxygen atoms in total. The SMILES string of the molecule is CC(CO)(Nc1ccc(Cl)c(Br)c1)c1ccc(F)c(F)c1. The minimum Gasteiger partial charge on any atom is -0.394 e. The van der Waals surface area contributed by atoms with Gasteiger partial charge < -0.3 is 10.4 Å². The lowest BCUT2D eigenvalue weighted by Gasteiger charge is -2.30. The lowest BCUT2D eigenvalue weighted by atomic mass is 9.92. The third kappa shape index (κ3) is 3.54. The molecule has 0 amide bonds. The second-order valence-corrected chi connectivity index (χ2v) is 6.13. The number of rotatable bonds is 4. The molecule has 0 fully saturated rings. The second kappa shape index (κ2) is 6.30. The second-order valence-electron chi connectivity index (χ2n) is 4.87. The van der Waals surface area contributed by atoms with Gasteiger partial charge in [-0.3, -0.25) is 0 Å². The Balaban J connectivity index is 2.36. The Bertz CT molecular complexity index is 668. The van der Waals surface area contributed by atoms with Crippen LogP contribution in [-0.2, 0) is 5.54 Å². The quantitative estimate of drug-likeness (QED) is 0.810. The van der Waals surface area contributed by atoms with Gasteiger partial charge in [-0.2, -0.15) is 0 Å². The highest BCUT2D eigenvalue weighted by Gasteiger charge is 2.27. The Morgan fingerprint density at radius 1 is 1.19 bits per heavy atom. The summed E-state index contributed by atoms with van der Waals surface area (Å²) in [5, 5.41) is 13.3. The normalized spacial score (nSPS) is 13.8. The van der Waals surface area contributed by atoms with Crippen LogP contribution in [0.1, 0.15) is 12.5 Å². The topological polar surface area (TPSA) is 32.3 Å². The first-order valence-corrected chi connectivity index (χ1v) is 7.32. The maximum Gasteiger partial charge on any atom is 0.159 e. The first-order chi connectivity index (χ1) is 9.85. The molecule has 0 saturated carbocycles. The fourth-order valence-electron chi connectivity index (χ4n) is 1.93. The molecule has 1 atom stereocenters. The van der Waals surface area contributed by atoms with Gasteiger partial charge in [-0.1, -0.05) is 17.7 Å². The number of hydrogen-bond acceptors (Lipinski definition) is 2. The average molecular weight is 377 g/mol. The van der Waals surface area contributed by atoms with E-state index in [-0.39, 0.29) is 6.61 Å². The maximum atomic E-state index is 13.4. The van der Waals surface area contributed by atoms with Crippen LogP contribution in [0.3, 0.4) is 0 Å². The van der Waals surface area contributed by atoms with Crippen LogP contribution >= 0.6 is 27.5 Å². The summed E-state index contributed by atoms with van der Waals surface area (Å²) in [5.74, 6) is -1.88. The molecule has 0 saturated heterocycles. The van der Waals surface area contributed by atoms with Crippen LogP contribution in [0.25, 0.3) is 0 Å². The Hall–Kier alpha value is -1.17. The first-order valence-electron chi connectivity index (χ1n) is 6.15. The van der Waals surface area contributed by atoms with E-state index >= 15 is 0 Å². The smallest absolute Gasteiger partial charge is 0.159 e. The van der Waals surface area contributed by atoms with E-state index < -0.39 is 17.2 Å². The zero-order valence-corrected chi connectivity index (χ0v) is 13.5. The predicted molar refractivity (Wildman–Crippen MR) is 83.6 cm³/mol. The lowest BCUT2D eigenvalue weighted by Crippen LogP contribution is -2.36. The number of aliphatic hydroxyl groups excluding tert-OH is 1. The minimum absolute atomic E-state index is 0.293. The van der Waals surface area contributed by atoms with E-state index in [0.29, 0.717) is 20.7 Å². The maximum absolute atomic E-state index is 13.4. The van der Waals surface area contributed by atoms with Gasteiger partial charge in [0.2, 0.25) is 0 Å². The first kappa shape index (κ1) is 16.2. The lowest BCUT2D eigenvalue weighted by molar-refractivity contribution is 0.223. The summed E-state index contributed by atoms with van der Waals surface area (Å²) in [6, 6.07) is 8.72. The number of halogens is 4. The molecule has 2 aromatic carbocycles. The van der Waals surface area contributed by atoms with Crippen molar-refractivity contribution in [3.05, 3.63) is 63.1 Å². The molecule has 21 heavy (non-hydrogen) atoms. The highest BCUT2D eigenvalue weighted by molar-refractivity contribution is 9.10. The van der Waals surface area contributed by atoms with Crippen molar-refractivity contribution in [1.82, 2.24) is 0 Å². The van der Waals surface area contributed by atoms with Gasteiger partial charge in [0, 0.05) is 10.2 Å². The Labute approximate surface area is 134 Å². The average Bonchev–Trinajstić information content (AvgIpc) is 2.45. The van der Waals surface area contributed by atoms with Crippen LogP contribution in [0.2, 0.25) is 5.02 Å². The molecule has 6 heteroatoms. The van der Waals surface area contributed by atoms with Crippen LogP contribution < -0.4 is 5.32 Å². The minimum atomic E-state index is -0.957. The van der Waals surface area contributed by atoms with Crippen molar-refractivity contribution in [2.75, 3.05) is 11.9 Å². The van der Waals surface area contributed by atoms with E-state index in [1.54, 1.807) is 25.1 Å². The molecule has 0 aromatic heterocycles. The standard InChI is InChI=1S/C15H13BrClF2NO/c1-15(8-21,9-2-5-13(18)14(19)6-9)20-10-3-4-12(17)11(16)7-10/h2-7,20-21H,8H2,1H3. The van der Waals surface area contributed by atoms with Crippen molar-refractivity contribution >= 4 is 33.2 Å². The van der Waals surface area contributed by atoms with Gasteiger partial charge in [-0.25, -0.2) is 8.78 Å². The predicted octanol–water partition coefficient (Wildman–Crippen LogP) is 4.70. The fourth-order valence-corrected chi connectivity index (χ4v) is 2.43. The Kier molecular flexibility index (Phi) is 4.86. The molecule has 0 heterocycles. The molecular formula is C15H13BrClF2NO. The largest absolute Gasteiger partial charge is 0.394 e. The van der Waals surface area contributed by atoms with Crippen LogP contribution in [-0.4, -0.2) is 11.7 Å². The monoisotopic (exact) mass is 375 g/mol. The molecule has 2 aromatic rings. The molecule has 0 aliphatic heterocycles. The van der Waals surface area contributed by atoms with Crippen LogP contribution in [0.5, 0.6) is 0 Å². The van der Waals surface area contributed by atoms with Crippen LogP contribution in [0.4, 0.5) is 14.5 Å². The molecule has 112 valence electrons. The number of benzene rings is 2. The van der Waals surface area contributed by atoms with Crippen molar-refractivity contribution in [2.24, 2.45) is 0 Å². The highest BCUT2D eigenvalue weighted by atomic mass is 79.9. The number of anilines is 1. The van der Waals surface area contributed by atoms with E-state index in [1.807, 2.05) is 0 Å². The van der Waals surface area contributed by atoms with Gasteiger partial charge in [-0.05, 0) is 58.7 Å². The van der Waals surface area contributed by atoms with Gasteiger partial charge in [-0.15, -0.1) is 0 Å². The Morgan fingerprint density at radius 2 is 1.90 bits per heavy atom. The Morgan fingerprint density at radius 3 is 2.48 bits per heavy atom. The van der Waals surface area contributed by atoms with E-state index in [0.717, 1.165) is 12.1 Å². The van der Waals surface area contributed by atoms with Crippen molar-refractivity contribution in [2.45, 2.75) is 12.5 Å². The fraction of sp³-hybridized carbons (Fsp3) is 0.200. The zero-order valence-electron chi connectivity index (χ0n) is 11.1. The zero-order chi connectivity index (χ0) is 15.6. The molecule has 2 rings (SSSR count). The van der Waals surface area contributed by atoms with Crippen LogP contribution in [0, 0.1) is 11.6 Å². The van der Waals surface area contributed by atoms with Gasteiger partial charge in [0.1, 0.15) is 0 Å². The summed E-state index contributed by atoms with van der Waals surface area (Å²) in [6.45, 7) is 1.40. The van der Waals surface area contributed by atoms with Gasteiger partial charge >= 0.3 is 0 Å². The summed E-state index contributed by atoms with van der Waals surface area (Å²) in [4.78, 5) is 0. The molecule has 2 N–H and O–H groups in total. The van der Waals surface area contributed by atoms with Crippen LogP contribution in [0.15, 0.2) is 40.9 Å². The summed E-state index contributed by atoms with van der Waals surface area (Å²) in [6.07, 6.45) is 0. The number of nitrogens with one attached hydrogen (secondary N) is 1. The molecule has 1 unspecified atom stereocenters. The van der Waals surface area contributed by atoms with Crippen molar-refractivity contribution in [3.8, 4) is 0 Å². The van der Waals surface area contributed by atoms with Crippen molar-refractivity contribution < 1.29 is 13.9 Å². The van der Waals surface area contributed by atoms with E-state index in [2.05, 4.69) is 21.2 Å². The summed E-state index contributed by atoms with van der Waals surface area (Å²) in [7, 11) is 0. The third-order valence-corrected chi connectivity index (χ3v) is 4.43. The number of hydrogen-bond donors (Lipinski definition) is 2. The summed E-state index contributed by atoms with van der Waals surface area (Å²) >= 11 is 9.23. The molecule has 0 spiro atoms. The van der Waals surface area contributed by atoms with E-state index in [4.69, 9.17) is 11.6 Å². The van der Waals surface area contributed by atoms with Crippen molar-refractivity contribution in [3.63, 3.8) is 0 Å². The van der Waals surface area contributed by atoms with E-state index in [1.165, 1.54) is 6.07 Å². The molecule has 0 bridgehead atoms. The van der Waals surface area contributed by atoms with Gasteiger partial charge in [0.25, 0.3) is 0 Å². The van der Waals surface area contributed by atoms with Gasteiger partial charge in [0.15, 0.2) is 11.6 Å². The molecule has 0 aliphatic carbocycles. The number of aliphatic hydroxyl groups is 1. The molecular weight excluding hydrogens is 364 g/mol. The van der Waals surface area contributed by atoms with E-state index in [9.17, 15) is 13.9 Å². The summed E-state index contributed by atoms with van der Waals surface area (Å²) < 4.78 is 27.1. The molecule has 0 radical (unpaired) electrons. The van der Waals surface area contributed by atoms with Crippen molar-refractivity contribution in [1.29, 1.82) is 0 Å². The highest BCUT2D eigenvalue weighted by Crippen LogP contribution is 2.31. The summed E-state index contributed by atoms with van der Waals surface area (Å²) in [5.41, 5.74) is 0.171. The molecule has 0 aliphatic rings. The van der Waals surface area contributed by atoms with Gasteiger partial charge in [0.05, 0.1) is 17.2 Å². The third-order valence-electron chi connectivity index (χ3n) is 3.21.